The summed E-state index contributed by atoms with van der Waals surface area (Å²) < 4.78 is 2.27. The number of nitrogens with zero attached hydrogens (tertiary/aromatic N) is 4. The number of halogens is 2. The molecule has 0 saturated heterocycles. The Balaban J connectivity index is 2.42. The first kappa shape index (κ1) is 14.9. The van der Waals surface area contributed by atoms with E-state index in [1.807, 2.05) is 6.07 Å². The van der Waals surface area contributed by atoms with Crippen molar-refractivity contribution >= 4 is 33.5 Å². The van der Waals surface area contributed by atoms with Gasteiger partial charge in [-0.25, -0.2) is 4.68 Å². The Morgan fingerprint density at radius 1 is 1.45 bits per heavy atom. The third kappa shape index (κ3) is 2.83. The predicted molar refractivity (Wildman–Crippen MR) is 77.5 cm³/mol. The van der Waals surface area contributed by atoms with Gasteiger partial charge in [-0.1, -0.05) is 11.6 Å². The molecule has 0 fully saturated rings. The van der Waals surface area contributed by atoms with Crippen molar-refractivity contribution in [3.63, 3.8) is 0 Å². The molecule has 1 N–H and O–H groups in total. The van der Waals surface area contributed by atoms with Crippen LogP contribution in [0.4, 0.5) is 0 Å². The van der Waals surface area contributed by atoms with E-state index in [-0.39, 0.29) is 6.04 Å². The van der Waals surface area contributed by atoms with Gasteiger partial charge in [0.25, 0.3) is 0 Å². The second kappa shape index (κ2) is 5.88. The highest BCUT2D eigenvalue weighted by molar-refractivity contribution is 9.10. The third-order valence-electron chi connectivity index (χ3n) is 3.17. The Kier molecular flexibility index (Phi) is 4.39. The Labute approximate surface area is 128 Å². The molecular formula is C12H12BrClN4O2. The van der Waals surface area contributed by atoms with Gasteiger partial charge in [0, 0.05) is 10.0 Å². The molecule has 106 valence electrons. The summed E-state index contributed by atoms with van der Waals surface area (Å²) >= 11 is 9.37. The number of benzene rings is 1. The van der Waals surface area contributed by atoms with Gasteiger partial charge in [-0.05, 0) is 58.4 Å². The van der Waals surface area contributed by atoms with Crippen LogP contribution in [0.1, 0.15) is 19.9 Å². The monoisotopic (exact) mass is 358 g/mol. The van der Waals surface area contributed by atoms with Crippen molar-refractivity contribution in [2.75, 3.05) is 0 Å². The molecule has 0 saturated carbocycles. The Bertz CT molecular complexity index is 646. The number of carboxylic acids is 1. The van der Waals surface area contributed by atoms with Crippen LogP contribution in [0, 0.1) is 5.92 Å². The fourth-order valence-corrected chi connectivity index (χ4v) is 2.14. The number of hydrogen-bond donors (Lipinski definition) is 1. The molecule has 1 aromatic carbocycles. The second-order valence-corrected chi connectivity index (χ2v) is 5.71. The maximum atomic E-state index is 11.1. The quantitative estimate of drug-likeness (QED) is 0.907. The zero-order valence-electron chi connectivity index (χ0n) is 10.8. The number of carbonyl (C=O) groups is 1. The fraction of sp³-hybridized carbons (Fsp3) is 0.333. The van der Waals surface area contributed by atoms with E-state index >= 15 is 0 Å². The van der Waals surface area contributed by atoms with Gasteiger partial charge in [-0.2, -0.15) is 0 Å². The Morgan fingerprint density at radius 2 is 2.15 bits per heavy atom. The van der Waals surface area contributed by atoms with Crippen molar-refractivity contribution in [2.24, 2.45) is 5.92 Å². The third-order valence-corrected chi connectivity index (χ3v) is 4.40. The average Bonchev–Trinajstić information content (AvgIpc) is 2.89. The molecule has 0 aliphatic heterocycles. The zero-order valence-corrected chi connectivity index (χ0v) is 13.1. The number of aliphatic carboxylic acids is 1. The number of rotatable bonds is 4. The minimum atomic E-state index is -0.896. The smallest absolute Gasteiger partial charge is 0.308 e. The zero-order chi connectivity index (χ0) is 14.9. The van der Waals surface area contributed by atoms with Crippen molar-refractivity contribution in [3.8, 4) is 11.4 Å². The van der Waals surface area contributed by atoms with Gasteiger partial charge in [0.05, 0.1) is 17.0 Å². The molecule has 0 amide bonds. The van der Waals surface area contributed by atoms with Crippen LogP contribution in [0.3, 0.4) is 0 Å². The molecule has 2 aromatic rings. The Hall–Kier alpha value is -1.47. The molecule has 1 aromatic heterocycles. The summed E-state index contributed by atoms with van der Waals surface area (Å²) in [4.78, 5) is 11.1. The van der Waals surface area contributed by atoms with E-state index in [0.717, 1.165) is 10.0 Å². The minimum Gasteiger partial charge on any atom is -0.481 e. The first-order valence-electron chi connectivity index (χ1n) is 5.88. The summed E-state index contributed by atoms with van der Waals surface area (Å²) in [6.45, 7) is 3.38. The summed E-state index contributed by atoms with van der Waals surface area (Å²) in [6, 6.07) is 4.96. The van der Waals surface area contributed by atoms with E-state index in [9.17, 15) is 4.79 Å². The number of aromatic nitrogens is 4. The molecule has 2 unspecified atom stereocenters. The van der Waals surface area contributed by atoms with E-state index in [2.05, 4.69) is 31.5 Å². The van der Waals surface area contributed by atoms with Gasteiger partial charge in [0.2, 0.25) is 0 Å². The molecule has 0 radical (unpaired) electrons. The summed E-state index contributed by atoms with van der Waals surface area (Å²) in [5, 5.41) is 21.1. The molecule has 20 heavy (non-hydrogen) atoms. The van der Waals surface area contributed by atoms with E-state index in [0.29, 0.717) is 10.8 Å². The Morgan fingerprint density at radius 3 is 2.75 bits per heavy atom. The highest BCUT2D eigenvalue weighted by Crippen LogP contribution is 2.29. The van der Waals surface area contributed by atoms with Crippen LogP contribution in [-0.4, -0.2) is 31.3 Å². The van der Waals surface area contributed by atoms with Gasteiger partial charge >= 0.3 is 5.97 Å². The van der Waals surface area contributed by atoms with Crippen LogP contribution in [0.2, 0.25) is 5.02 Å². The molecule has 0 bridgehead atoms. The van der Waals surface area contributed by atoms with Crippen molar-refractivity contribution in [1.29, 1.82) is 0 Å². The lowest BCUT2D eigenvalue weighted by atomic mass is 10.0. The molecule has 0 aliphatic rings. The number of hydrogen-bond acceptors (Lipinski definition) is 4. The number of carboxylic acid groups (broad SMARTS) is 1. The highest BCUT2D eigenvalue weighted by Gasteiger charge is 2.25. The van der Waals surface area contributed by atoms with Crippen LogP contribution >= 0.6 is 27.5 Å². The molecule has 2 atom stereocenters. The lowest BCUT2D eigenvalue weighted by molar-refractivity contribution is -0.142. The molecule has 8 heteroatoms. The normalized spacial score (nSPS) is 14.0. The lowest BCUT2D eigenvalue weighted by Gasteiger charge is -2.17. The molecular weight excluding hydrogens is 348 g/mol. The van der Waals surface area contributed by atoms with Crippen LogP contribution in [0.15, 0.2) is 22.7 Å². The summed E-state index contributed by atoms with van der Waals surface area (Å²) in [5.74, 6) is -1.02. The van der Waals surface area contributed by atoms with Crippen LogP contribution in [-0.2, 0) is 4.79 Å². The summed E-state index contributed by atoms with van der Waals surface area (Å²) in [5.41, 5.74) is 0.729. The minimum absolute atomic E-state index is 0.375. The largest absolute Gasteiger partial charge is 0.481 e. The number of tetrazole rings is 1. The molecule has 1 heterocycles. The van der Waals surface area contributed by atoms with Crippen molar-refractivity contribution in [2.45, 2.75) is 19.9 Å². The standard InChI is InChI=1S/C12H12BrClN4O2/c1-6(12(19)20)7(2)18-11(15-16-17-18)8-3-4-9(13)10(14)5-8/h3-7H,1-2H3,(H,19,20). The maximum absolute atomic E-state index is 11.1. The lowest BCUT2D eigenvalue weighted by Crippen LogP contribution is -2.23. The average molecular weight is 360 g/mol. The molecule has 2 rings (SSSR count). The van der Waals surface area contributed by atoms with Gasteiger partial charge in [0.15, 0.2) is 5.82 Å². The summed E-state index contributed by atoms with van der Waals surface area (Å²) in [6.07, 6.45) is 0. The van der Waals surface area contributed by atoms with Gasteiger partial charge < -0.3 is 5.11 Å². The van der Waals surface area contributed by atoms with E-state index < -0.39 is 11.9 Å². The predicted octanol–water partition coefficient (Wildman–Crippen LogP) is 3.04. The van der Waals surface area contributed by atoms with Gasteiger partial charge in [-0.3, -0.25) is 4.79 Å². The van der Waals surface area contributed by atoms with Crippen LogP contribution in [0.25, 0.3) is 11.4 Å². The first-order chi connectivity index (χ1) is 9.41. The van der Waals surface area contributed by atoms with E-state index in [1.165, 1.54) is 4.68 Å². The topological polar surface area (TPSA) is 80.9 Å². The van der Waals surface area contributed by atoms with Crippen LogP contribution < -0.4 is 0 Å². The summed E-state index contributed by atoms with van der Waals surface area (Å²) in [7, 11) is 0. The van der Waals surface area contributed by atoms with Crippen molar-refractivity contribution in [3.05, 3.63) is 27.7 Å². The molecule has 0 spiro atoms. The SMILES string of the molecule is CC(C(=O)O)C(C)n1nnnc1-c1ccc(Br)c(Cl)c1. The van der Waals surface area contributed by atoms with E-state index in [4.69, 9.17) is 16.7 Å². The highest BCUT2D eigenvalue weighted by atomic mass is 79.9. The second-order valence-electron chi connectivity index (χ2n) is 4.44. The van der Waals surface area contributed by atoms with Crippen molar-refractivity contribution < 1.29 is 9.90 Å². The van der Waals surface area contributed by atoms with Gasteiger partial charge in [0.1, 0.15) is 0 Å². The van der Waals surface area contributed by atoms with Gasteiger partial charge in [-0.15, -0.1) is 5.10 Å². The van der Waals surface area contributed by atoms with Crippen molar-refractivity contribution in [1.82, 2.24) is 20.2 Å². The first-order valence-corrected chi connectivity index (χ1v) is 7.05. The fourth-order valence-electron chi connectivity index (χ4n) is 1.71. The van der Waals surface area contributed by atoms with E-state index in [1.54, 1.807) is 26.0 Å². The van der Waals surface area contributed by atoms with Crippen LogP contribution in [0.5, 0.6) is 0 Å². The maximum Gasteiger partial charge on any atom is 0.308 e. The molecule has 6 nitrogen and oxygen atoms in total. The molecule has 0 aliphatic carbocycles.